The summed E-state index contributed by atoms with van der Waals surface area (Å²) >= 11 is 0. The number of piperidine rings is 1. The first-order chi connectivity index (χ1) is 16.8. The van der Waals surface area contributed by atoms with Crippen molar-refractivity contribution in [1.29, 1.82) is 0 Å². The Labute approximate surface area is 204 Å². The number of nitrogens with zero attached hydrogens (tertiary/aromatic N) is 1. The fraction of sp³-hybridized carbons (Fsp3) is 0.481. The predicted molar refractivity (Wildman–Crippen MR) is 127 cm³/mol. The number of benzene rings is 2. The summed E-state index contributed by atoms with van der Waals surface area (Å²) in [4.78, 5) is 27.4. The normalized spacial score (nSPS) is 20.8. The van der Waals surface area contributed by atoms with Gasteiger partial charge < -0.3 is 19.7 Å². The van der Waals surface area contributed by atoms with Crippen LogP contribution < -0.4 is 5.32 Å². The maximum atomic E-state index is 13.7. The summed E-state index contributed by atoms with van der Waals surface area (Å²) in [5, 5.41) is 3.19. The lowest BCUT2D eigenvalue weighted by Gasteiger charge is -2.44. The first-order valence-corrected chi connectivity index (χ1v) is 12.0. The van der Waals surface area contributed by atoms with E-state index in [9.17, 15) is 18.4 Å². The minimum atomic E-state index is -0.776. The van der Waals surface area contributed by atoms with Crippen LogP contribution in [0, 0.1) is 17.6 Å². The predicted octanol–water partition coefficient (Wildman–Crippen LogP) is 4.00. The Kier molecular flexibility index (Phi) is 7.52. The van der Waals surface area contributed by atoms with Gasteiger partial charge in [0.05, 0.1) is 25.4 Å². The lowest BCUT2D eigenvalue weighted by molar-refractivity contribution is -0.127. The number of ether oxygens (including phenoxy) is 2. The van der Waals surface area contributed by atoms with E-state index in [-0.39, 0.29) is 29.5 Å². The molecule has 1 spiro atoms. The summed E-state index contributed by atoms with van der Waals surface area (Å²) in [6.07, 6.45) is 0.861. The van der Waals surface area contributed by atoms with E-state index in [2.05, 4.69) is 11.4 Å². The lowest BCUT2D eigenvalue weighted by Crippen LogP contribution is -2.52. The number of carbonyl (C=O) groups excluding carboxylic acids is 2. The third kappa shape index (κ3) is 4.95. The molecule has 1 saturated heterocycles. The molecule has 1 N–H and O–H groups in total. The van der Waals surface area contributed by atoms with Crippen LogP contribution in [-0.2, 0) is 19.7 Å². The third-order valence-corrected chi connectivity index (χ3v) is 7.14. The van der Waals surface area contributed by atoms with Crippen LogP contribution in [0.1, 0.15) is 54.2 Å². The van der Waals surface area contributed by atoms with E-state index in [1.165, 1.54) is 0 Å². The molecule has 0 bridgehead atoms. The molecule has 2 aliphatic rings. The Balaban J connectivity index is 1.62. The molecule has 2 atom stereocenters. The Morgan fingerprint density at radius 1 is 1.09 bits per heavy atom. The second-order valence-electron chi connectivity index (χ2n) is 9.62. The van der Waals surface area contributed by atoms with Crippen molar-refractivity contribution in [2.75, 3.05) is 33.4 Å². The Morgan fingerprint density at radius 3 is 2.37 bits per heavy atom. The summed E-state index contributed by atoms with van der Waals surface area (Å²) in [5.41, 5.74) is 1.72. The van der Waals surface area contributed by atoms with E-state index in [0.717, 1.165) is 29.3 Å². The minimum Gasteiger partial charge on any atom is -0.382 e. The SMILES string of the molecule is COCCO[C@H]1[C@H](NC(=O)C(C)C)c2ccccc2C12CCN(C(=O)c1cc(F)cc(F)c1)CC2. The van der Waals surface area contributed by atoms with E-state index in [1.54, 1.807) is 12.0 Å². The number of carbonyl (C=O) groups is 2. The van der Waals surface area contributed by atoms with Crippen LogP contribution in [0.25, 0.3) is 0 Å². The zero-order chi connectivity index (χ0) is 25.2. The van der Waals surface area contributed by atoms with Crippen LogP contribution in [0.5, 0.6) is 0 Å². The van der Waals surface area contributed by atoms with Gasteiger partial charge in [0, 0.05) is 43.2 Å². The molecular formula is C27H32F2N2O4. The first kappa shape index (κ1) is 25.3. The highest BCUT2D eigenvalue weighted by atomic mass is 19.1. The number of likely N-dealkylation sites (tertiary alicyclic amines) is 1. The molecule has 0 saturated carbocycles. The van der Waals surface area contributed by atoms with E-state index in [4.69, 9.17) is 9.47 Å². The van der Waals surface area contributed by atoms with Crippen molar-refractivity contribution in [3.63, 3.8) is 0 Å². The Morgan fingerprint density at radius 2 is 1.74 bits per heavy atom. The van der Waals surface area contributed by atoms with Gasteiger partial charge in [-0.3, -0.25) is 9.59 Å². The topological polar surface area (TPSA) is 67.9 Å². The second kappa shape index (κ2) is 10.4. The van der Waals surface area contributed by atoms with Gasteiger partial charge in [0.2, 0.25) is 5.91 Å². The van der Waals surface area contributed by atoms with Gasteiger partial charge in [0.15, 0.2) is 0 Å². The summed E-state index contributed by atoms with van der Waals surface area (Å²) in [6.45, 7) is 5.30. The number of hydrogen-bond donors (Lipinski definition) is 1. The molecule has 35 heavy (non-hydrogen) atoms. The number of hydrogen-bond acceptors (Lipinski definition) is 4. The molecule has 1 heterocycles. The third-order valence-electron chi connectivity index (χ3n) is 7.14. The number of nitrogens with one attached hydrogen (secondary N) is 1. The highest BCUT2D eigenvalue weighted by Gasteiger charge is 2.54. The molecule has 6 nitrogen and oxygen atoms in total. The van der Waals surface area contributed by atoms with Crippen LogP contribution in [0.3, 0.4) is 0 Å². The van der Waals surface area contributed by atoms with Gasteiger partial charge in [0.1, 0.15) is 11.6 Å². The smallest absolute Gasteiger partial charge is 0.254 e. The molecular weight excluding hydrogens is 454 g/mol. The van der Waals surface area contributed by atoms with Crippen molar-refractivity contribution >= 4 is 11.8 Å². The van der Waals surface area contributed by atoms with Crippen molar-refractivity contribution in [2.45, 2.75) is 44.2 Å². The number of amides is 2. The number of rotatable bonds is 7. The molecule has 2 amide bonds. The molecule has 4 rings (SSSR count). The van der Waals surface area contributed by atoms with Gasteiger partial charge in [-0.1, -0.05) is 38.1 Å². The van der Waals surface area contributed by atoms with Crippen molar-refractivity contribution in [1.82, 2.24) is 10.2 Å². The highest BCUT2D eigenvalue weighted by Crippen LogP contribution is 2.52. The monoisotopic (exact) mass is 486 g/mol. The molecule has 1 aliphatic carbocycles. The lowest BCUT2D eigenvalue weighted by atomic mass is 9.71. The van der Waals surface area contributed by atoms with Gasteiger partial charge in [0.25, 0.3) is 5.91 Å². The van der Waals surface area contributed by atoms with Gasteiger partial charge >= 0.3 is 0 Å². The number of halogens is 2. The van der Waals surface area contributed by atoms with Crippen molar-refractivity contribution < 1.29 is 27.8 Å². The van der Waals surface area contributed by atoms with Crippen molar-refractivity contribution in [3.8, 4) is 0 Å². The number of methoxy groups -OCH3 is 1. The van der Waals surface area contributed by atoms with Crippen LogP contribution in [0.4, 0.5) is 8.78 Å². The molecule has 1 fully saturated rings. The molecule has 2 aromatic carbocycles. The zero-order valence-corrected chi connectivity index (χ0v) is 20.4. The van der Waals surface area contributed by atoms with Crippen LogP contribution in [0.2, 0.25) is 0 Å². The fourth-order valence-electron chi connectivity index (χ4n) is 5.37. The maximum absolute atomic E-state index is 13.7. The zero-order valence-electron chi connectivity index (χ0n) is 20.4. The van der Waals surface area contributed by atoms with Crippen LogP contribution in [-0.4, -0.2) is 56.2 Å². The Bertz CT molecular complexity index is 1060. The Hall–Kier alpha value is -2.84. The highest BCUT2D eigenvalue weighted by molar-refractivity contribution is 5.94. The van der Waals surface area contributed by atoms with Gasteiger partial charge in [-0.25, -0.2) is 8.78 Å². The molecule has 0 radical (unpaired) electrons. The van der Waals surface area contributed by atoms with Crippen LogP contribution in [0.15, 0.2) is 42.5 Å². The summed E-state index contributed by atoms with van der Waals surface area (Å²) in [5.74, 6) is -2.18. The largest absolute Gasteiger partial charge is 0.382 e. The van der Waals surface area contributed by atoms with Crippen LogP contribution >= 0.6 is 0 Å². The molecule has 188 valence electrons. The maximum Gasteiger partial charge on any atom is 0.254 e. The quantitative estimate of drug-likeness (QED) is 0.601. The van der Waals surface area contributed by atoms with Gasteiger partial charge in [-0.05, 0) is 36.1 Å². The standard InChI is InChI=1S/C27H32F2N2O4/c1-17(2)25(32)30-23-21-6-4-5-7-22(21)27(24(23)35-13-12-34-3)8-10-31(11-9-27)26(33)18-14-19(28)16-20(29)15-18/h4-7,14-17,23-24H,8-13H2,1-3H3,(H,30,32)/t23-,24+/m1/s1. The van der Waals surface area contributed by atoms with E-state index >= 15 is 0 Å². The molecule has 8 heteroatoms. The van der Waals surface area contributed by atoms with E-state index in [0.29, 0.717) is 39.1 Å². The average molecular weight is 487 g/mol. The van der Waals surface area contributed by atoms with Gasteiger partial charge in [-0.2, -0.15) is 0 Å². The summed E-state index contributed by atoms with van der Waals surface area (Å²) < 4.78 is 39.0. The number of fused-ring (bicyclic) bond motifs is 2. The molecule has 0 aromatic heterocycles. The van der Waals surface area contributed by atoms with Gasteiger partial charge in [-0.15, -0.1) is 0 Å². The average Bonchev–Trinajstić information content (AvgIpc) is 3.07. The molecule has 1 aliphatic heterocycles. The van der Waals surface area contributed by atoms with E-state index in [1.807, 2.05) is 32.0 Å². The fourth-order valence-corrected chi connectivity index (χ4v) is 5.37. The van der Waals surface area contributed by atoms with Crippen molar-refractivity contribution in [2.24, 2.45) is 5.92 Å². The van der Waals surface area contributed by atoms with E-state index < -0.39 is 23.0 Å². The second-order valence-corrected chi connectivity index (χ2v) is 9.62. The van der Waals surface area contributed by atoms with Crippen molar-refractivity contribution in [3.05, 3.63) is 70.8 Å². The molecule has 2 aromatic rings. The minimum absolute atomic E-state index is 0.000222. The molecule has 0 unspecified atom stereocenters. The summed E-state index contributed by atoms with van der Waals surface area (Å²) in [7, 11) is 1.61. The first-order valence-electron chi connectivity index (χ1n) is 12.0. The summed E-state index contributed by atoms with van der Waals surface area (Å²) in [6, 6.07) is 10.6.